The Bertz CT molecular complexity index is 821. The highest BCUT2D eigenvalue weighted by molar-refractivity contribution is 6.30. The van der Waals surface area contributed by atoms with E-state index in [1.54, 1.807) is 13.2 Å². The molecule has 0 unspecified atom stereocenters. The summed E-state index contributed by atoms with van der Waals surface area (Å²) in [7, 11) is 3.02. The minimum Gasteiger partial charge on any atom is -0.493 e. The maximum atomic E-state index is 11.5. The summed E-state index contributed by atoms with van der Waals surface area (Å²) in [6.45, 7) is 5.56. The molecule has 1 aliphatic rings. The van der Waals surface area contributed by atoms with Crippen LogP contribution in [0.15, 0.2) is 36.4 Å². The Hall–Kier alpha value is -2.35. The third-order valence-corrected chi connectivity index (χ3v) is 5.51. The van der Waals surface area contributed by atoms with Crippen LogP contribution in [0.25, 0.3) is 0 Å². The summed E-state index contributed by atoms with van der Waals surface area (Å²) in [5, 5.41) is 12.3. The average Bonchev–Trinajstić information content (AvgIpc) is 2.70. The van der Waals surface area contributed by atoms with Gasteiger partial charge in [-0.05, 0) is 18.2 Å². The van der Waals surface area contributed by atoms with Gasteiger partial charge in [0, 0.05) is 10.6 Å². The molecule has 0 aliphatic carbocycles. The maximum absolute atomic E-state index is 11.5. The van der Waals surface area contributed by atoms with Crippen molar-refractivity contribution in [3.63, 3.8) is 0 Å². The summed E-state index contributed by atoms with van der Waals surface area (Å²) in [6, 6.07) is 11.2. The van der Waals surface area contributed by atoms with Crippen LogP contribution >= 0.6 is 11.6 Å². The number of nitro benzene ring substituents is 1. The van der Waals surface area contributed by atoms with E-state index < -0.39 is 0 Å². The van der Waals surface area contributed by atoms with E-state index in [-0.39, 0.29) is 10.6 Å². The molecule has 0 spiro atoms. The van der Waals surface area contributed by atoms with Gasteiger partial charge in [0.25, 0.3) is 5.69 Å². The predicted octanol–water partition coefficient (Wildman–Crippen LogP) is 0.749. The van der Waals surface area contributed by atoms with Gasteiger partial charge in [-0.2, -0.15) is 0 Å². The maximum Gasteiger partial charge on any atom is 0.282 e. The van der Waals surface area contributed by atoms with Gasteiger partial charge in [0.05, 0.1) is 30.8 Å². The van der Waals surface area contributed by atoms with Crippen molar-refractivity contribution in [1.29, 1.82) is 0 Å². The van der Waals surface area contributed by atoms with Gasteiger partial charge in [0.15, 0.2) is 11.5 Å². The average molecular weight is 408 g/mol. The minimum atomic E-state index is -0.348. The number of nitrogens with zero attached hydrogens (tertiary/aromatic N) is 1. The molecule has 2 aromatic rings. The third-order valence-electron chi connectivity index (χ3n) is 5.25. The molecule has 0 saturated carbocycles. The van der Waals surface area contributed by atoms with Gasteiger partial charge in [-0.15, -0.1) is 0 Å². The largest absolute Gasteiger partial charge is 0.493 e. The third kappa shape index (κ3) is 4.92. The van der Waals surface area contributed by atoms with Crippen molar-refractivity contribution in [2.45, 2.75) is 13.1 Å². The molecule has 2 aromatic carbocycles. The molecule has 0 bridgehead atoms. The van der Waals surface area contributed by atoms with E-state index in [9.17, 15) is 10.1 Å². The molecule has 28 heavy (non-hydrogen) atoms. The molecule has 0 atom stereocenters. The number of nitrogens with one attached hydrogen (secondary N) is 2. The lowest BCUT2D eigenvalue weighted by atomic mass is 10.1. The highest BCUT2D eigenvalue weighted by Gasteiger charge is 2.27. The molecule has 8 heteroatoms. The molecule has 1 aliphatic heterocycles. The minimum absolute atomic E-state index is 0.0843. The summed E-state index contributed by atoms with van der Waals surface area (Å²) >= 11 is 5.95. The fourth-order valence-electron chi connectivity index (χ4n) is 3.69. The Morgan fingerprint density at radius 2 is 1.50 bits per heavy atom. The number of quaternary nitrogens is 2. The summed E-state index contributed by atoms with van der Waals surface area (Å²) in [4.78, 5) is 14.0. The fraction of sp³-hybridized carbons (Fsp3) is 0.400. The lowest BCUT2D eigenvalue weighted by molar-refractivity contribution is -1.02. The molecular formula is C20H26ClN3O4+2. The summed E-state index contributed by atoms with van der Waals surface area (Å²) in [6.07, 6.45) is 0. The molecule has 0 radical (unpaired) electrons. The zero-order valence-corrected chi connectivity index (χ0v) is 16.9. The molecular weight excluding hydrogens is 382 g/mol. The van der Waals surface area contributed by atoms with Crippen molar-refractivity contribution in [2.75, 3.05) is 40.4 Å². The van der Waals surface area contributed by atoms with E-state index in [1.165, 1.54) is 28.5 Å². The van der Waals surface area contributed by atoms with Crippen LogP contribution in [0, 0.1) is 10.1 Å². The zero-order chi connectivity index (χ0) is 20.1. The number of benzene rings is 2. The van der Waals surface area contributed by atoms with Gasteiger partial charge in [0.2, 0.25) is 0 Å². The van der Waals surface area contributed by atoms with Gasteiger partial charge in [-0.1, -0.05) is 23.7 Å². The van der Waals surface area contributed by atoms with E-state index in [4.69, 9.17) is 21.1 Å². The number of halogens is 1. The number of ether oxygens (including phenoxy) is 2. The molecule has 7 nitrogen and oxygen atoms in total. The Labute approximate surface area is 169 Å². The summed E-state index contributed by atoms with van der Waals surface area (Å²) in [5.74, 6) is 0.902. The van der Waals surface area contributed by atoms with Gasteiger partial charge < -0.3 is 19.3 Å². The normalized spacial score (nSPS) is 19.2. The first kappa shape index (κ1) is 20.4. The van der Waals surface area contributed by atoms with Crippen LogP contribution in [0.3, 0.4) is 0 Å². The second-order valence-corrected chi connectivity index (χ2v) is 7.51. The van der Waals surface area contributed by atoms with Crippen LogP contribution in [-0.2, 0) is 13.1 Å². The Balaban J connectivity index is 1.64. The van der Waals surface area contributed by atoms with Crippen LogP contribution in [0.2, 0.25) is 5.02 Å². The lowest BCUT2D eigenvalue weighted by Crippen LogP contribution is -3.27. The van der Waals surface area contributed by atoms with E-state index in [0.717, 1.165) is 37.7 Å². The highest BCUT2D eigenvalue weighted by atomic mass is 35.5. The monoisotopic (exact) mass is 407 g/mol. The fourth-order valence-corrected chi connectivity index (χ4v) is 3.82. The molecule has 1 fully saturated rings. The smallest absolute Gasteiger partial charge is 0.282 e. The van der Waals surface area contributed by atoms with Crippen LogP contribution in [0.5, 0.6) is 11.5 Å². The molecule has 3 rings (SSSR count). The van der Waals surface area contributed by atoms with Crippen molar-refractivity contribution in [2.24, 2.45) is 0 Å². The number of hydrogen-bond acceptors (Lipinski definition) is 4. The van der Waals surface area contributed by atoms with E-state index in [2.05, 4.69) is 12.1 Å². The quantitative estimate of drug-likeness (QED) is 0.525. The van der Waals surface area contributed by atoms with Crippen LogP contribution < -0.4 is 19.3 Å². The SMILES string of the molecule is COc1cc(C[NH+]2CC[NH+](Cc3ccc(Cl)cc3)CC2)c([N+](=O)[O-])cc1OC. The van der Waals surface area contributed by atoms with Gasteiger partial charge in [-0.25, -0.2) is 0 Å². The van der Waals surface area contributed by atoms with Crippen LogP contribution in [0.1, 0.15) is 11.1 Å². The molecule has 150 valence electrons. The van der Waals surface area contributed by atoms with Crippen LogP contribution in [-0.4, -0.2) is 45.3 Å². The Morgan fingerprint density at radius 3 is 2.04 bits per heavy atom. The molecule has 0 aromatic heterocycles. The number of piperazine rings is 1. The van der Waals surface area contributed by atoms with Gasteiger partial charge >= 0.3 is 0 Å². The Kier molecular flexibility index (Phi) is 6.72. The van der Waals surface area contributed by atoms with E-state index in [0.29, 0.717) is 23.6 Å². The first-order valence-electron chi connectivity index (χ1n) is 9.31. The van der Waals surface area contributed by atoms with Crippen molar-refractivity contribution in [3.05, 3.63) is 62.7 Å². The standard InChI is InChI=1S/C20H24ClN3O4/c1-27-19-11-16(18(24(25)26)12-20(19)28-2)14-23-9-7-22(8-10-23)13-15-3-5-17(21)6-4-15/h3-6,11-12H,7-10,13-14H2,1-2H3/p+2. The zero-order valence-electron chi connectivity index (χ0n) is 16.2. The second-order valence-electron chi connectivity index (χ2n) is 7.07. The van der Waals surface area contributed by atoms with Crippen molar-refractivity contribution in [3.8, 4) is 11.5 Å². The second kappa shape index (κ2) is 9.23. The highest BCUT2D eigenvalue weighted by Crippen LogP contribution is 2.34. The van der Waals surface area contributed by atoms with Gasteiger partial charge in [0.1, 0.15) is 39.3 Å². The first-order chi connectivity index (χ1) is 13.5. The molecule has 2 N–H and O–H groups in total. The van der Waals surface area contributed by atoms with Crippen molar-refractivity contribution in [1.82, 2.24) is 0 Å². The number of hydrogen-bond donors (Lipinski definition) is 2. The molecule has 1 heterocycles. The number of nitro groups is 1. The van der Waals surface area contributed by atoms with E-state index >= 15 is 0 Å². The predicted molar refractivity (Wildman–Crippen MR) is 106 cm³/mol. The summed E-state index contributed by atoms with van der Waals surface area (Å²) < 4.78 is 10.5. The molecule has 0 amide bonds. The first-order valence-corrected chi connectivity index (χ1v) is 9.68. The Morgan fingerprint density at radius 1 is 0.964 bits per heavy atom. The topological polar surface area (TPSA) is 70.5 Å². The summed E-state index contributed by atoms with van der Waals surface area (Å²) in [5.41, 5.74) is 2.04. The number of methoxy groups -OCH3 is 2. The van der Waals surface area contributed by atoms with Crippen molar-refractivity contribution >= 4 is 17.3 Å². The van der Waals surface area contributed by atoms with Crippen LogP contribution in [0.4, 0.5) is 5.69 Å². The lowest BCUT2D eigenvalue weighted by Gasteiger charge is -2.29. The van der Waals surface area contributed by atoms with E-state index in [1.807, 2.05) is 12.1 Å². The number of rotatable bonds is 7. The molecule has 1 saturated heterocycles. The van der Waals surface area contributed by atoms with Crippen molar-refractivity contribution < 1.29 is 24.2 Å². The van der Waals surface area contributed by atoms with Gasteiger partial charge in [-0.3, -0.25) is 10.1 Å².